The molecule has 138 valence electrons. The molecule has 1 aliphatic rings. The summed E-state index contributed by atoms with van der Waals surface area (Å²) in [4.78, 5) is 30.6. The van der Waals surface area contributed by atoms with Crippen molar-refractivity contribution in [1.82, 2.24) is 9.88 Å². The summed E-state index contributed by atoms with van der Waals surface area (Å²) < 4.78 is 0. The number of hydrogen-bond acceptors (Lipinski definition) is 4. The number of nitrogens with zero attached hydrogens (tertiary/aromatic N) is 2. The van der Waals surface area contributed by atoms with Crippen molar-refractivity contribution in [2.24, 2.45) is 0 Å². The van der Waals surface area contributed by atoms with Gasteiger partial charge in [0.15, 0.2) is 0 Å². The Labute approximate surface area is 153 Å². The van der Waals surface area contributed by atoms with E-state index in [1.54, 1.807) is 0 Å². The maximum Gasteiger partial charge on any atom is 0.341 e. The van der Waals surface area contributed by atoms with Gasteiger partial charge in [-0.15, -0.1) is 0 Å². The standard InChI is InChI=1S/C20H25N3O3/c1-4-13-11-17(20(25)26)19(24)21-18(13)14-5-7-15(8-6-14)23-10-9-16(12-23)22(2)3/h5-8,11,16H,4,9-10,12H2,1-3H3,(H,21,24)(H,25,26)/t16-/m1/s1. The van der Waals surface area contributed by atoms with Gasteiger partial charge in [-0.2, -0.15) is 0 Å². The Morgan fingerprint density at radius 1 is 1.31 bits per heavy atom. The van der Waals surface area contributed by atoms with Crippen LogP contribution in [-0.2, 0) is 6.42 Å². The number of anilines is 1. The summed E-state index contributed by atoms with van der Waals surface area (Å²) in [5.41, 5.74) is 2.80. The highest BCUT2D eigenvalue weighted by atomic mass is 16.4. The Morgan fingerprint density at radius 2 is 2.00 bits per heavy atom. The molecule has 0 radical (unpaired) electrons. The number of carbonyl (C=O) groups is 1. The molecule has 0 amide bonds. The first kappa shape index (κ1) is 18.2. The van der Waals surface area contributed by atoms with Crippen molar-refractivity contribution >= 4 is 11.7 Å². The van der Waals surface area contributed by atoms with Gasteiger partial charge in [0.2, 0.25) is 0 Å². The van der Waals surface area contributed by atoms with Crippen LogP contribution in [0.3, 0.4) is 0 Å². The van der Waals surface area contributed by atoms with Gasteiger partial charge in [-0.1, -0.05) is 19.1 Å². The fourth-order valence-corrected chi connectivity index (χ4v) is 3.51. The highest BCUT2D eigenvalue weighted by molar-refractivity contribution is 5.88. The van der Waals surface area contributed by atoms with E-state index in [4.69, 9.17) is 5.11 Å². The Bertz CT molecular complexity index is 856. The fraction of sp³-hybridized carbons (Fsp3) is 0.400. The van der Waals surface area contributed by atoms with Gasteiger partial charge < -0.3 is 19.9 Å². The second-order valence-corrected chi connectivity index (χ2v) is 6.97. The van der Waals surface area contributed by atoms with Gasteiger partial charge in [0.25, 0.3) is 5.56 Å². The third-order valence-corrected chi connectivity index (χ3v) is 5.15. The summed E-state index contributed by atoms with van der Waals surface area (Å²) in [6, 6.07) is 10.2. The Hall–Kier alpha value is -2.60. The smallest absolute Gasteiger partial charge is 0.341 e. The van der Waals surface area contributed by atoms with Crippen LogP contribution in [0.2, 0.25) is 0 Å². The number of pyridine rings is 1. The maximum atomic E-state index is 12.0. The van der Waals surface area contributed by atoms with E-state index in [0.717, 1.165) is 30.6 Å². The van der Waals surface area contributed by atoms with Gasteiger partial charge in [0.1, 0.15) is 5.56 Å². The van der Waals surface area contributed by atoms with Crippen LogP contribution in [0.15, 0.2) is 35.1 Å². The number of hydrogen-bond donors (Lipinski definition) is 2. The minimum absolute atomic E-state index is 0.214. The van der Waals surface area contributed by atoms with Crippen LogP contribution in [0.25, 0.3) is 11.3 Å². The largest absolute Gasteiger partial charge is 0.477 e. The molecule has 6 heteroatoms. The number of aryl methyl sites for hydroxylation is 1. The molecule has 2 N–H and O–H groups in total. The lowest BCUT2D eigenvalue weighted by molar-refractivity contribution is 0.0695. The van der Waals surface area contributed by atoms with Gasteiger partial charge >= 0.3 is 5.97 Å². The predicted octanol–water partition coefficient (Wildman–Crippen LogP) is 2.44. The normalized spacial score (nSPS) is 17.1. The highest BCUT2D eigenvalue weighted by Gasteiger charge is 2.24. The lowest BCUT2D eigenvalue weighted by Crippen LogP contribution is -2.31. The molecule has 0 bridgehead atoms. The minimum Gasteiger partial charge on any atom is -0.477 e. The summed E-state index contributed by atoms with van der Waals surface area (Å²) >= 11 is 0. The van der Waals surface area contributed by atoms with Crippen molar-refractivity contribution in [3.8, 4) is 11.3 Å². The van der Waals surface area contributed by atoms with Gasteiger partial charge in [-0.05, 0) is 56.3 Å². The molecule has 2 heterocycles. The molecule has 1 atom stereocenters. The number of likely N-dealkylation sites (N-methyl/N-ethyl adjacent to an activating group) is 1. The van der Waals surface area contributed by atoms with Crippen molar-refractivity contribution in [2.45, 2.75) is 25.8 Å². The number of aromatic amines is 1. The summed E-state index contributed by atoms with van der Waals surface area (Å²) in [5.74, 6) is -1.20. The number of rotatable bonds is 5. The van der Waals surface area contributed by atoms with Gasteiger partial charge in [-0.3, -0.25) is 4.79 Å². The summed E-state index contributed by atoms with van der Waals surface area (Å²) in [6.45, 7) is 3.99. The quantitative estimate of drug-likeness (QED) is 0.861. The van der Waals surface area contributed by atoms with Crippen molar-refractivity contribution in [1.29, 1.82) is 0 Å². The van der Waals surface area contributed by atoms with E-state index in [1.165, 1.54) is 11.8 Å². The molecule has 3 rings (SSSR count). The molecular weight excluding hydrogens is 330 g/mol. The molecule has 0 aliphatic carbocycles. The average molecular weight is 355 g/mol. The Balaban J connectivity index is 1.88. The number of aromatic carboxylic acids is 1. The first-order chi connectivity index (χ1) is 12.4. The zero-order valence-electron chi connectivity index (χ0n) is 15.5. The second-order valence-electron chi connectivity index (χ2n) is 6.97. The van der Waals surface area contributed by atoms with Crippen LogP contribution in [0.5, 0.6) is 0 Å². The van der Waals surface area contributed by atoms with Crippen LogP contribution < -0.4 is 10.5 Å². The zero-order valence-corrected chi connectivity index (χ0v) is 15.5. The molecule has 0 saturated carbocycles. The molecule has 1 fully saturated rings. The SMILES string of the molecule is CCc1cc(C(=O)O)c(=O)[nH]c1-c1ccc(N2CC[C@@H](N(C)C)C2)cc1. The predicted molar refractivity (Wildman–Crippen MR) is 103 cm³/mol. The summed E-state index contributed by atoms with van der Waals surface area (Å²) in [5, 5.41) is 9.14. The lowest BCUT2D eigenvalue weighted by atomic mass is 10.0. The zero-order chi connectivity index (χ0) is 18.8. The van der Waals surface area contributed by atoms with Gasteiger partial charge in [0, 0.05) is 24.8 Å². The van der Waals surface area contributed by atoms with E-state index in [2.05, 4.69) is 41.0 Å². The molecular formula is C20H25N3O3. The third-order valence-electron chi connectivity index (χ3n) is 5.15. The second kappa shape index (κ2) is 7.33. The topological polar surface area (TPSA) is 76.6 Å². The van der Waals surface area contributed by atoms with Crippen molar-refractivity contribution < 1.29 is 9.90 Å². The van der Waals surface area contributed by atoms with Crippen LogP contribution in [0.1, 0.15) is 29.3 Å². The van der Waals surface area contributed by atoms with Crippen LogP contribution in [0, 0.1) is 0 Å². The highest BCUT2D eigenvalue weighted by Crippen LogP contribution is 2.27. The van der Waals surface area contributed by atoms with E-state index in [0.29, 0.717) is 18.2 Å². The van der Waals surface area contributed by atoms with Crippen LogP contribution >= 0.6 is 0 Å². The number of benzene rings is 1. The van der Waals surface area contributed by atoms with E-state index in [-0.39, 0.29) is 5.56 Å². The molecule has 26 heavy (non-hydrogen) atoms. The maximum absolute atomic E-state index is 12.0. The Morgan fingerprint density at radius 3 is 2.54 bits per heavy atom. The molecule has 2 aromatic rings. The summed E-state index contributed by atoms with van der Waals surface area (Å²) in [6.07, 6.45) is 1.80. The minimum atomic E-state index is -1.20. The Kier molecular flexibility index (Phi) is 5.13. The number of H-pyrrole nitrogens is 1. The lowest BCUT2D eigenvalue weighted by Gasteiger charge is -2.22. The van der Waals surface area contributed by atoms with E-state index in [1.807, 2.05) is 19.1 Å². The number of carboxylic acids is 1. The van der Waals surface area contributed by atoms with E-state index >= 15 is 0 Å². The van der Waals surface area contributed by atoms with E-state index < -0.39 is 11.5 Å². The molecule has 1 aliphatic heterocycles. The molecule has 1 saturated heterocycles. The first-order valence-corrected chi connectivity index (χ1v) is 8.92. The molecule has 1 aromatic heterocycles. The molecule has 6 nitrogen and oxygen atoms in total. The number of carboxylic acid groups (broad SMARTS) is 1. The fourth-order valence-electron chi connectivity index (χ4n) is 3.51. The van der Waals surface area contributed by atoms with Crippen molar-refractivity contribution in [3.05, 3.63) is 51.8 Å². The van der Waals surface area contributed by atoms with E-state index in [9.17, 15) is 9.59 Å². The number of aromatic nitrogens is 1. The molecule has 1 aromatic carbocycles. The summed E-state index contributed by atoms with van der Waals surface area (Å²) in [7, 11) is 4.22. The van der Waals surface area contributed by atoms with Crippen molar-refractivity contribution in [2.75, 3.05) is 32.1 Å². The monoisotopic (exact) mass is 355 g/mol. The van der Waals surface area contributed by atoms with Crippen molar-refractivity contribution in [3.63, 3.8) is 0 Å². The van der Waals surface area contributed by atoms with Crippen LogP contribution in [-0.4, -0.2) is 54.2 Å². The average Bonchev–Trinajstić information content (AvgIpc) is 3.12. The molecule has 0 spiro atoms. The van der Waals surface area contributed by atoms with Crippen LogP contribution in [0.4, 0.5) is 5.69 Å². The third kappa shape index (κ3) is 3.51. The van der Waals surface area contributed by atoms with Gasteiger partial charge in [-0.25, -0.2) is 4.79 Å². The molecule has 0 unspecified atom stereocenters. The van der Waals surface area contributed by atoms with Gasteiger partial charge in [0.05, 0.1) is 5.69 Å². The number of nitrogens with one attached hydrogen (secondary N) is 1. The first-order valence-electron chi connectivity index (χ1n) is 8.92.